The smallest absolute Gasteiger partial charge is 0.342 e. The van der Waals surface area contributed by atoms with E-state index in [1.165, 1.54) is 12.1 Å². The Labute approximate surface area is 106 Å². The lowest BCUT2D eigenvalue weighted by Gasteiger charge is -2.21. The van der Waals surface area contributed by atoms with Gasteiger partial charge in [0, 0.05) is 13.2 Å². The van der Waals surface area contributed by atoms with Gasteiger partial charge in [-0.15, -0.1) is 0 Å². The summed E-state index contributed by atoms with van der Waals surface area (Å²) in [6, 6.07) is 4.64. The predicted molar refractivity (Wildman–Crippen MR) is 66.3 cm³/mol. The molecule has 1 aromatic rings. The topological polar surface area (TPSA) is 81.8 Å². The van der Waals surface area contributed by atoms with Crippen molar-refractivity contribution in [3.63, 3.8) is 0 Å². The summed E-state index contributed by atoms with van der Waals surface area (Å²) in [5.41, 5.74) is 5.81. The van der Waals surface area contributed by atoms with Crippen molar-refractivity contribution >= 4 is 11.7 Å². The van der Waals surface area contributed by atoms with Gasteiger partial charge in [-0.25, -0.2) is 4.79 Å². The van der Waals surface area contributed by atoms with Gasteiger partial charge in [-0.05, 0) is 30.9 Å². The maximum atomic E-state index is 11.8. The molecule has 0 atom stereocenters. The minimum atomic E-state index is -0.536. The number of ether oxygens (including phenoxy) is 2. The van der Waals surface area contributed by atoms with Gasteiger partial charge in [0.1, 0.15) is 5.56 Å². The van der Waals surface area contributed by atoms with E-state index in [1.807, 2.05) is 0 Å². The van der Waals surface area contributed by atoms with Crippen LogP contribution < -0.4 is 5.73 Å². The number of carbonyl (C=O) groups is 1. The van der Waals surface area contributed by atoms with Crippen LogP contribution >= 0.6 is 0 Å². The van der Waals surface area contributed by atoms with Crippen LogP contribution in [0.5, 0.6) is 5.75 Å². The molecule has 5 nitrogen and oxygen atoms in total. The van der Waals surface area contributed by atoms with E-state index in [-0.39, 0.29) is 17.0 Å². The first kappa shape index (κ1) is 12.7. The number of nitrogens with two attached hydrogens (primary N) is 1. The molecule has 0 aromatic heterocycles. The fraction of sp³-hybridized carbons (Fsp3) is 0.462. The number of anilines is 1. The zero-order valence-electron chi connectivity index (χ0n) is 10.1. The lowest BCUT2D eigenvalue weighted by molar-refractivity contribution is 0.0184. The normalized spacial score (nSPS) is 16.4. The van der Waals surface area contributed by atoms with E-state index in [2.05, 4.69) is 0 Å². The fourth-order valence-electron chi connectivity index (χ4n) is 1.91. The van der Waals surface area contributed by atoms with Crippen LogP contribution in [0.25, 0.3) is 0 Å². The number of aromatic hydroxyl groups is 1. The molecule has 1 aromatic carbocycles. The highest BCUT2D eigenvalue weighted by Gasteiger charge is 2.18. The largest absolute Gasteiger partial charge is 0.505 e. The summed E-state index contributed by atoms with van der Waals surface area (Å²) in [6.45, 7) is 1.79. The molecule has 3 N–H and O–H groups in total. The zero-order valence-corrected chi connectivity index (χ0v) is 10.1. The Morgan fingerprint density at radius 1 is 1.44 bits per heavy atom. The van der Waals surface area contributed by atoms with E-state index in [1.54, 1.807) is 6.07 Å². The second kappa shape index (κ2) is 5.73. The van der Waals surface area contributed by atoms with E-state index < -0.39 is 5.97 Å². The van der Waals surface area contributed by atoms with E-state index in [0.29, 0.717) is 25.7 Å². The van der Waals surface area contributed by atoms with Crippen molar-refractivity contribution in [1.82, 2.24) is 0 Å². The summed E-state index contributed by atoms with van der Waals surface area (Å²) in [4.78, 5) is 11.8. The Kier molecular flexibility index (Phi) is 4.04. The highest BCUT2D eigenvalue weighted by molar-refractivity contribution is 5.94. The maximum Gasteiger partial charge on any atom is 0.342 e. The van der Waals surface area contributed by atoms with E-state index >= 15 is 0 Å². The van der Waals surface area contributed by atoms with Crippen LogP contribution in [0.1, 0.15) is 23.2 Å². The van der Waals surface area contributed by atoms with Gasteiger partial charge in [0.15, 0.2) is 5.75 Å². The summed E-state index contributed by atoms with van der Waals surface area (Å²) in [5.74, 6) is -0.410. The molecule has 18 heavy (non-hydrogen) atoms. The first-order valence-electron chi connectivity index (χ1n) is 6.01. The minimum Gasteiger partial charge on any atom is -0.505 e. The number of rotatable bonds is 3. The molecule has 0 saturated carbocycles. The molecule has 0 spiro atoms. The zero-order chi connectivity index (χ0) is 13.0. The van der Waals surface area contributed by atoms with Crippen LogP contribution in [-0.2, 0) is 9.47 Å². The van der Waals surface area contributed by atoms with E-state index in [4.69, 9.17) is 15.2 Å². The second-order valence-electron chi connectivity index (χ2n) is 4.40. The van der Waals surface area contributed by atoms with Crippen molar-refractivity contribution in [2.24, 2.45) is 5.92 Å². The molecule has 98 valence electrons. The predicted octanol–water partition coefficient (Wildman–Crippen LogP) is 1.56. The third-order valence-corrected chi connectivity index (χ3v) is 3.08. The molecule has 1 saturated heterocycles. The van der Waals surface area contributed by atoms with E-state index in [9.17, 15) is 9.90 Å². The van der Waals surface area contributed by atoms with E-state index in [0.717, 1.165) is 12.8 Å². The molecule has 1 aliphatic rings. The number of para-hydroxylation sites is 1. The number of phenolic OH excluding ortho intramolecular Hbond substituents is 1. The third-order valence-electron chi connectivity index (χ3n) is 3.08. The van der Waals surface area contributed by atoms with Gasteiger partial charge in [-0.2, -0.15) is 0 Å². The quantitative estimate of drug-likeness (QED) is 0.484. The Hall–Kier alpha value is -1.75. The number of phenols is 1. The molecule has 2 rings (SSSR count). The van der Waals surface area contributed by atoms with Crippen molar-refractivity contribution in [1.29, 1.82) is 0 Å². The molecule has 1 fully saturated rings. The van der Waals surface area contributed by atoms with Gasteiger partial charge in [0.05, 0.1) is 12.3 Å². The van der Waals surface area contributed by atoms with Crippen molar-refractivity contribution < 1.29 is 19.4 Å². The molecule has 0 unspecified atom stereocenters. The minimum absolute atomic E-state index is 0.113. The molecular formula is C13H17NO4. The van der Waals surface area contributed by atoms with Crippen LogP contribution in [0, 0.1) is 5.92 Å². The number of carbonyl (C=O) groups excluding carboxylic acids is 1. The number of hydrogen-bond donors (Lipinski definition) is 2. The van der Waals surface area contributed by atoms with Crippen LogP contribution in [0.4, 0.5) is 5.69 Å². The molecule has 0 bridgehead atoms. The van der Waals surface area contributed by atoms with Crippen molar-refractivity contribution in [2.45, 2.75) is 12.8 Å². The van der Waals surface area contributed by atoms with Crippen LogP contribution in [0.2, 0.25) is 0 Å². The van der Waals surface area contributed by atoms with Gasteiger partial charge in [0.2, 0.25) is 0 Å². The van der Waals surface area contributed by atoms with Gasteiger partial charge < -0.3 is 20.3 Å². The second-order valence-corrected chi connectivity index (χ2v) is 4.40. The number of hydrogen-bond acceptors (Lipinski definition) is 5. The summed E-state index contributed by atoms with van der Waals surface area (Å²) in [7, 11) is 0. The molecule has 0 radical (unpaired) electrons. The highest BCUT2D eigenvalue weighted by atomic mass is 16.5. The van der Waals surface area contributed by atoms with Crippen molar-refractivity contribution in [2.75, 3.05) is 25.6 Å². The average Bonchev–Trinajstić information content (AvgIpc) is 2.40. The van der Waals surface area contributed by atoms with Crippen molar-refractivity contribution in [3.05, 3.63) is 23.8 Å². The Morgan fingerprint density at radius 2 is 2.17 bits per heavy atom. The Balaban J connectivity index is 1.93. The summed E-state index contributed by atoms with van der Waals surface area (Å²) < 4.78 is 10.4. The monoisotopic (exact) mass is 251 g/mol. The fourth-order valence-corrected chi connectivity index (χ4v) is 1.91. The van der Waals surface area contributed by atoms with Crippen LogP contribution in [0.15, 0.2) is 18.2 Å². The SMILES string of the molecule is Nc1cccc(C(=O)OCC2CCOCC2)c1O. The molecule has 5 heteroatoms. The van der Waals surface area contributed by atoms with Crippen LogP contribution in [-0.4, -0.2) is 30.9 Å². The highest BCUT2D eigenvalue weighted by Crippen LogP contribution is 2.25. The van der Waals surface area contributed by atoms with Crippen LogP contribution in [0.3, 0.4) is 0 Å². The summed E-state index contributed by atoms with van der Waals surface area (Å²) in [6.07, 6.45) is 1.80. The standard InChI is InChI=1S/C13H17NO4/c14-11-3-1-2-10(12(11)15)13(16)18-8-9-4-6-17-7-5-9/h1-3,9,15H,4-8,14H2. The first-order chi connectivity index (χ1) is 8.68. The molecule has 0 aliphatic carbocycles. The lowest BCUT2D eigenvalue weighted by atomic mass is 10.0. The molecular weight excluding hydrogens is 234 g/mol. The number of benzene rings is 1. The molecule has 0 amide bonds. The average molecular weight is 251 g/mol. The maximum absolute atomic E-state index is 11.8. The van der Waals surface area contributed by atoms with Gasteiger partial charge in [-0.1, -0.05) is 6.07 Å². The molecule has 1 heterocycles. The number of esters is 1. The van der Waals surface area contributed by atoms with Gasteiger partial charge >= 0.3 is 5.97 Å². The first-order valence-corrected chi connectivity index (χ1v) is 6.01. The summed E-state index contributed by atoms with van der Waals surface area (Å²) >= 11 is 0. The molecule has 1 aliphatic heterocycles. The lowest BCUT2D eigenvalue weighted by Crippen LogP contribution is -2.22. The van der Waals surface area contributed by atoms with Gasteiger partial charge in [0.25, 0.3) is 0 Å². The van der Waals surface area contributed by atoms with Crippen molar-refractivity contribution in [3.8, 4) is 5.75 Å². The van der Waals surface area contributed by atoms with Gasteiger partial charge in [-0.3, -0.25) is 0 Å². The summed E-state index contributed by atoms with van der Waals surface area (Å²) in [5, 5.41) is 9.66. The Bertz CT molecular complexity index is 427. The number of nitrogen functional groups attached to an aromatic ring is 1. The third kappa shape index (κ3) is 2.92. The Morgan fingerprint density at radius 3 is 2.89 bits per heavy atom.